The summed E-state index contributed by atoms with van der Waals surface area (Å²) in [6, 6.07) is 6.66. The monoisotopic (exact) mass is 357 g/mol. The van der Waals surface area contributed by atoms with Gasteiger partial charge >= 0.3 is 0 Å². The summed E-state index contributed by atoms with van der Waals surface area (Å²) in [5.74, 6) is 1.41. The molecule has 0 amide bonds. The van der Waals surface area contributed by atoms with Gasteiger partial charge in [0.15, 0.2) is 0 Å². The quantitative estimate of drug-likeness (QED) is 0.631. The minimum Gasteiger partial charge on any atom is -0.462 e. The molecule has 0 radical (unpaired) electrons. The number of nitriles is 1. The van der Waals surface area contributed by atoms with Crippen molar-refractivity contribution in [2.45, 2.75) is 32.6 Å². The highest BCUT2D eigenvalue weighted by Gasteiger charge is 2.23. The van der Waals surface area contributed by atoms with E-state index in [1.165, 1.54) is 48.3 Å². The predicted octanol–water partition coefficient (Wildman–Crippen LogP) is 4.69. The van der Waals surface area contributed by atoms with Crippen molar-refractivity contribution in [2.75, 3.05) is 18.0 Å². The molecule has 3 aliphatic heterocycles. The van der Waals surface area contributed by atoms with E-state index in [1.807, 2.05) is 19.1 Å². The number of hydrogen-bond acceptors (Lipinski definition) is 4. The van der Waals surface area contributed by atoms with Crippen molar-refractivity contribution in [1.82, 2.24) is 0 Å². The van der Waals surface area contributed by atoms with Crippen LogP contribution in [0.1, 0.15) is 36.5 Å². The van der Waals surface area contributed by atoms with E-state index >= 15 is 0 Å². The van der Waals surface area contributed by atoms with Gasteiger partial charge in [0, 0.05) is 30.6 Å². The first-order valence-electron chi connectivity index (χ1n) is 9.49. The van der Waals surface area contributed by atoms with E-state index in [0.717, 1.165) is 24.8 Å². The minimum atomic E-state index is 0.335. The van der Waals surface area contributed by atoms with E-state index < -0.39 is 0 Å². The standard InChI is InChI=1S/C23H23N3O/c1-16-10-20(21(14-24)15-25)13-22(27-16)7-6-17-11-18-4-2-8-26-9-3-5-19(12-17)23(18)26/h6-7,10-14,24H,2-5,8-9H2,1H3/b7-6+,21-20-,24-14?. The number of ether oxygens (including phenoxy) is 1. The molecule has 0 bridgehead atoms. The van der Waals surface area contributed by atoms with Gasteiger partial charge in [-0.3, -0.25) is 0 Å². The molecule has 0 unspecified atom stereocenters. The average Bonchev–Trinajstić information content (AvgIpc) is 2.67. The average molecular weight is 357 g/mol. The smallest absolute Gasteiger partial charge is 0.127 e. The summed E-state index contributed by atoms with van der Waals surface area (Å²) in [4.78, 5) is 2.55. The molecule has 1 N–H and O–H groups in total. The maximum absolute atomic E-state index is 9.18. The summed E-state index contributed by atoms with van der Waals surface area (Å²) in [5, 5.41) is 16.6. The zero-order valence-corrected chi connectivity index (χ0v) is 15.6. The van der Waals surface area contributed by atoms with Crippen molar-refractivity contribution in [3.63, 3.8) is 0 Å². The van der Waals surface area contributed by atoms with Gasteiger partial charge in [0.25, 0.3) is 0 Å². The molecule has 3 heterocycles. The molecule has 0 aliphatic carbocycles. The van der Waals surface area contributed by atoms with Crippen molar-refractivity contribution in [2.24, 2.45) is 0 Å². The fourth-order valence-corrected chi connectivity index (χ4v) is 4.18. The molecule has 0 fully saturated rings. The fraction of sp³-hybridized carbons (Fsp3) is 0.304. The van der Waals surface area contributed by atoms with E-state index in [-0.39, 0.29) is 0 Å². The number of allylic oxidation sites excluding steroid dienone is 6. The summed E-state index contributed by atoms with van der Waals surface area (Å²) in [5.41, 5.74) is 6.65. The van der Waals surface area contributed by atoms with Crippen molar-refractivity contribution < 1.29 is 4.74 Å². The van der Waals surface area contributed by atoms with E-state index in [0.29, 0.717) is 16.9 Å². The first-order valence-corrected chi connectivity index (χ1v) is 9.49. The summed E-state index contributed by atoms with van der Waals surface area (Å²) < 4.78 is 5.78. The maximum atomic E-state index is 9.18. The highest BCUT2D eigenvalue weighted by atomic mass is 16.5. The number of aryl methyl sites for hydroxylation is 2. The summed E-state index contributed by atoms with van der Waals surface area (Å²) in [7, 11) is 0. The molecule has 4 rings (SSSR count). The Kier molecular flexibility index (Phi) is 4.68. The SMILES string of the molecule is CC1=C/C(=C(/C#N)C=N)C=C(/C=C/c2cc3c4c(c2)CCCN4CCC3)O1. The number of rotatable bonds is 3. The minimum absolute atomic E-state index is 0.335. The van der Waals surface area contributed by atoms with E-state index in [2.05, 4.69) is 29.2 Å². The molecule has 0 spiro atoms. The van der Waals surface area contributed by atoms with E-state index in [9.17, 15) is 5.26 Å². The van der Waals surface area contributed by atoms with Gasteiger partial charge in [-0.25, -0.2) is 0 Å². The van der Waals surface area contributed by atoms with E-state index in [1.54, 1.807) is 6.08 Å². The molecule has 27 heavy (non-hydrogen) atoms. The highest BCUT2D eigenvalue weighted by Crippen LogP contribution is 2.36. The van der Waals surface area contributed by atoms with Gasteiger partial charge in [-0.1, -0.05) is 6.08 Å². The van der Waals surface area contributed by atoms with Crippen LogP contribution in [0.3, 0.4) is 0 Å². The van der Waals surface area contributed by atoms with Crippen LogP contribution in [0.4, 0.5) is 5.69 Å². The largest absolute Gasteiger partial charge is 0.462 e. The number of hydrogen-bond donors (Lipinski definition) is 1. The van der Waals surface area contributed by atoms with Crippen molar-refractivity contribution in [3.8, 4) is 6.07 Å². The van der Waals surface area contributed by atoms with Crippen LogP contribution in [0.15, 0.2) is 53.0 Å². The topological polar surface area (TPSA) is 60.1 Å². The maximum Gasteiger partial charge on any atom is 0.127 e. The van der Waals surface area contributed by atoms with Crippen LogP contribution >= 0.6 is 0 Å². The Morgan fingerprint density at radius 2 is 1.85 bits per heavy atom. The fourth-order valence-electron chi connectivity index (χ4n) is 4.18. The molecule has 1 aromatic carbocycles. The third-order valence-electron chi connectivity index (χ3n) is 5.31. The van der Waals surface area contributed by atoms with Gasteiger partial charge in [-0.05, 0) is 79.7 Å². The second-order valence-electron chi connectivity index (χ2n) is 7.24. The zero-order chi connectivity index (χ0) is 18.8. The van der Waals surface area contributed by atoms with Gasteiger partial charge in [-0.2, -0.15) is 5.26 Å². The first kappa shape index (κ1) is 17.4. The lowest BCUT2D eigenvalue weighted by Gasteiger charge is -2.37. The second-order valence-corrected chi connectivity index (χ2v) is 7.24. The lowest BCUT2D eigenvalue weighted by atomic mass is 9.90. The molecule has 1 aromatic rings. The van der Waals surface area contributed by atoms with Crippen LogP contribution in [-0.4, -0.2) is 19.3 Å². The number of nitrogens with zero attached hydrogens (tertiary/aromatic N) is 2. The molecule has 0 atom stereocenters. The summed E-state index contributed by atoms with van der Waals surface area (Å²) in [6.07, 6.45) is 13.5. The molecular weight excluding hydrogens is 334 g/mol. The van der Waals surface area contributed by atoms with Crippen LogP contribution in [0.25, 0.3) is 6.08 Å². The molecule has 0 aromatic heterocycles. The highest BCUT2D eigenvalue weighted by molar-refractivity contribution is 5.84. The van der Waals surface area contributed by atoms with Crippen LogP contribution in [0, 0.1) is 16.7 Å². The van der Waals surface area contributed by atoms with Crippen LogP contribution in [0.5, 0.6) is 0 Å². The second kappa shape index (κ2) is 7.28. The Morgan fingerprint density at radius 1 is 1.15 bits per heavy atom. The van der Waals surface area contributed by atoms with Gasteiger partial charge < -0.3 is 15.0 Å². The summed E-state index contributed by atoms with van der Waals surface area (Å²) >= 11 is 0. The van der Waals surface area contributed by atoms with Gasteiger partial charge in [0.05, 0.1) is 5.57 Å². The van der Waals surface area contributed by atoms with Crippen LogP contribution in [-0.2, 0) is 17.6 Å². The molecule has 3 aliphatic rings. The third kappa shape index (κ3) is 3.46. The number of anilines is 1. The summed E-state index contributed by atoms with van der Waals surface area (Å²) in [6.45, 7) is 4.23. The van der Waals surface area contributed by atoms with E-state index in [4.69, 9.17) is 10.1 Å². The molecule has 4 nitrogen and oxygen atoms in total. The lowest BCUT2D eigenvalue weighted by molar-refractivity contribution is 0.318. The Hall–Kier alpha value is -3.06. The van der Waals surface area contributed by atoms with Gasteiger partial charge in [0.1, 0.15) is 17.6 Å². The Bertz CT molecular complexity index is 925. The van der Waals surface area contributed by atoms with Crippen molar-refractivity contribution in [3.05, 3.63) is 69.7 Å². The normalized spacial score (nSPS) is 20.2. The van der Waals surface area contributed by atoms with Gasteiger partial charge in [-0.15, -0.1) is 0 Å². The Morgan fingerprint density at radius 3 is 2.48 bits per heavy atom. The Balaban J connectivity index is 1.65. The molecule has 0 saturated heterocycles. The molecule has 4 heteroatoms. The van der Waals surface area contributed by atoms with Crippen molar-refractivity contribution in [1.29, 1.82) is 10.7 Å². The number of benzene rings is 1. The lowest BCUT2D eigenvalue weighted by Crippen LogP contribution is -2.34. The molecule has 136 valence electrons. The van der Waals surface area contributed by atoms with Gasteiger partial charge in [0.2, 0.25) is 0 Å². The van der Waals surface area contributed by atoms with Crippen molar-refractivity contribution >= 4 is 18.0 Å². The number of nitrogens with one attached hydrogen (secondary N) is 1. The van der Waals surface area contributed by atoms with Crippen LogP contribution < -0.4 is 4.90 Å². The first-order chi connectivity index (χ1) is 13.2. The molecule has 0 saturated carbocycles. The van der Waals surface area contributed by atoms with Crippen LogP contribution in [0.2, 0.25) is 0 Å². The third-order valence-corrected chi connectivity index (χ3v) is 5.31. The molecular formula is C23H23N3O. The Labute approximate surface area is 160 Å². The zero-order valence-electron chi connectivity index (χ0n) is 15.6. The predicted molar refractivity (Wildman–Crippen MR) is 109 cm³/mol.